The number of rotatable bonds is 9. The molecule has 1 aliphatic carbocycles. The minimum absolute atomic E-state index is 0.224. The van der Waals surface area contributed by atoms with Crippen LogP contribution in [-0.2, 0) is 18.3 Å². The minimum Gasteiger partial charge on any atom is -0.502 e. The van der Waals surface area contributed by atoms with Gasteiger partial charge in [0.2, 0.25) is 0 Å². The lowest BCUT2D eigenvalue weighted by Gasteiger charge is -2.31. The number of hydrogen-bond donors (Lipinski definition) is 0. The Balaban J connectivity index is 3.78. The van der Waals surface area contributed by atoms with Crippen LogP contribution < -0.4 is 0 Å². The van der Waals surface area contributed by atoms with Gasteiger partial charge in [-0.05, 0) is 23.7 Å². The monoisotopic (exact) mass is 380 g/mol. The van der Waals surface area contributed by atoms with E-state index in [1.807, 2.05) is 0 Å². The van der Waals surface area contributed by atoms with Crippen molar-refractivity contribution < 1.29 is 33.1 Å². The lowest BCUT2D eigenvalue weighted by atomic mass is 10.0. The van der Waals surface area contributed by atoms with E-state index in [2.05, 4.69) is 0 Å². The highest BCUT2D eigenvalue weighted by atomic mass is 31.2. The molecule has 0 N–H and O–H groups in total. The van der Waals surface area contributed by atoms with Crippen LogP contribution in [0.4, 0.5) is 0 Å². The summed E-state index contributed by atoms with van der Waals surface area (Å²) < 4.78 is 27.6. The minimum atomic E-state index is -4.45. The Morgan fingerprint density at radius 2 is 1.64 bits per heavy atom. The molecule has 0 heterocycles. The van der Waals surface area contributed by atoms with Crippen molar-refractivity contribution in [2.75, 3.05) is 20.3 Å². The van der Waals surface area contributed by atoms with Crippen molar-refractivity contribution >= 4 is 7.60 Å². The maximum absolute atomic E-state index is 13.0. The highest BCUT2D eigenvalue weighted by Crippen LogP contribution is 2.60. The molecule has 0 aliphatic heterocycles. The van der Waals surface area contributed by atoms with Gasteiger partial charge < -0.3 is 13.8 Å². The van der Waals surface area contributed by atoms with E-state index in [4.69, 9.17) is 13.8 Å². The van der Waals surface area contributed by atoms with Crippen molar-refractivity contribution in [1.29, 1.82) is 0 Å². The number of hydrogen-bond acceptors (Lipinski definition) is 10. The third-order valence-electron chi connectivity index (χ3n) is 3.03. The first-order valence-corrected chi connectivity index (χ1v) is 8.44. The second-order valence-corrected chi connectivity index (χ2v) is 6.53. The van der Waals surface area contributed by atoms with Gasteiger partial charge in [0, 0.05) is 0 Å². The molecule has 25 heavy (non-hydrogen) atoms. The molecule has 140 valence electrons. The second-order valence-electron chi connectivity index (χ2n) is 4.42. The normalized spacial score (nSPS) is 18.0. The molecule has 14 heteroatoms. The molecule has 0 saturated heterocycles. The van der Waals surface area contributed by atoms with Gasteiger partial charge in [-0.3, -0.25) is 34.9 Å². The van der Waals surface area contributed by atoms with E-state index < -0.39 is 51.2 Å². The van der Waals surface area contributed by atoms with Gasteiger partial charge in [-0.1, -0.05) is 6.08 Å². The summed E-state index contributed by atoms with van der Waals surface area (Å²) >= 11 is 0. The van der Waals surface area contributed by atoms with Crippen molar-refractivity contribution in [1.82, 2.24) is 0 Å². The summed E-state index contributed by atoms with van der Waals surface area (Å²) in [5.74, 6) is -0.856. The molecule has 0 amide bonds. The van der Waals surface area contributed by atoms with Crippen molar-refractivity contribution in [2.24, 2.45) is 0 Å². The molecule has 1 rings (SSSR count). The Morgan fingerprint density at radius 1 is 1.12 bits per heavy atom. The zero-order valence-electron chi connectivity index (χ0n) is 13.4. The molecule has 1 atom stereocenters. The van der Waals surface area contributed by atoms with Crippen LogP contribution in [0.2, 0.25) is 0 Å². The van der Waals surface area contributed by atoms with Crippen LogP contribution in [0, 0.1) is 36.4 Å². The molecular formula is C11H15N3O10P-. The summed E-state index contributed by atoms with van der Waals surface area (Å²) in [6.45, 7) is 2.37. The topological polar surface area (TPSA) is 174 Å². The van der Waals surface area contributed by atoms with Crippen molar-refractivity contribution in [2.45, 2.75) is 19.5 Å². The summed E-state index contributed by atoms with van der Waals surface area (Å²) in [5, 5.41) is 33.9. The fraction of sp³-hybridized carbons (Fsp3) is 0.545. The Hall–Kier alpha value is -2.50. The van der Waals surface area contributed by atoms with Crippen LogP contribution in [0.5, 0.6) is 0 Å². The van der Waals surface area contributed by atoms with Crippen molar-refractivity contribution in [3.05, 3.63) is 59.6 Å². The molecule has 1 unspecified atom stereocenters. The van der Waals surface area contributed by atoms with E-state index >= 15 is 0 Å². The Kier molecular flexibility index (Phi) is 6.62. The molecule has 0 aromatic carbocycles. The summed E-state index contributed by atoms with van der Waals surface area (Å²) in [6.07, 6.45) is 0.460. The molecule has 0 spiro atoms. The van der Waals surface area contributed by atoms with Gasteiger partial charge in [-0.15, -0.1) is 0 Å². The third kappa shape index (κ3) is 3.95. The van der Waals surface area contributed by atoms with Gasteiger partial charge in [0.15, 0.2) is 17.1 Å². The molecular weight excluding hydrogens is 365 g/mol. The Morgan fingerprint density at radius 3 is 1.96 bits per heavy atom. The van der Waals surface area contributed by atoms with Gasteiger partial charge >= 0.3 is 7.60 Å². The quantitative estimate of drug-likeness (QED) is 0.248. The van der Waals surface area contributed by atoms with E-state index in [-0.39, 0.29) is 13.2 Å². The first-order chi connectivity index (χ1) is 11.6. The first kappa shape index (κ1) is 20.5. The van der Waals surface area contributed by atoms with Gasteiger partial charge in [-0.25, -0.2) is 0 Å². The lowest BCUT2D eigenvalue weighted by molar-refractivity contribution is -0.480. The van der Waals surface area contributed by atoms with Crippen LogP contribution in [0.1, 0.15) is 13.8 Å². The Labute approximate surface area is 141 Å². The summed E-state index contributed by atoms with van der Waals surface area (Å²) in [6, 6.07) is -1.05. The van der Waals surface area contributed by atoms with Crippen LogP contribution in [0.15, 0.2) is 23.2 Å². The predicted molar refractivity (Wildman–Crippen MR) is 81.0 cm³/mol. The van der Waals surface area contributed by atoms with Crippen molar-refractivity contribution in [3.63, 3.8) is 0 Å². The van der Waals surface area contributed by atoms with E-state index in [0.29, 0.717) is 6.08 Å². The maximum Gasteiger partial charge on any atom is 0.338 e. The van der Waals surface area contributed by atoms with Gasteiger partial charge in [0.1, 0.15) is 6.04 Å². The molecule has 0 radical (unpaired) electrons. The number of methoxy groups -OCH3 is 1. The van der Waals surface area contributed by atoms with Gasteiger partial charge in [-0.2, -0.15) is 0 Å². The molecule has 13 nitrogen and oxygen atoms in total. The molecule has 0 bridgehead atoms. The van der Waals surface area contributed by atoms with Gasteiger partial charge in [0.25, 0.3) is 5.70 Å². The summed E-state index contributed by atoms with van der Waals surface area (Å²) in [7, 11) is -3.53. The zero-order chi connectivity index (χ0) is 19.4. The first-order valence-electron chi connectivity index (χ1n) is 6.83. The highest BCUT2D eigenvalue weighted by Gasteiger charge is 2.55. The Bertz CT molecular complexity index is 678. The summed E-state index contributed by atoms with van der Waals surface area (Å²) in [4.78, 5) is 30.6. The zero-order valence-corrected chi connectivity index (χ0v) is 14.3. The third-order valence-corrected chi connectivity index (χ3v) is 5.41. The molecule has 0 fully saturated rings. The number of nitro groups is 3. The van der Waals surface area contributed by atoms with Crippen LogP contribution in [0.3, 0.4) is 0 Å². The van der Waals surface area contributed by atoms with E-state index in [1.54, 1.807) is 0 Å². The van der Waals surface area contributed by atoms with E-state index in [0.717, 1.165) is 7.11 Å². The lowest BCUT2D eigenvalue weighted by Crippen LogP contribution is -2.36. The number of nitrogens with zero attached hydrogens (tertiary/aromatic N) is 3. The predicted octanol–water partition coefficient (Wildman–Crippen LogP) is 1.74. The average molecular weight is 380 g/mol. The molecule has 0 aromatic heterocycles. The average Bonchev–Trinajstić information content (AvgIpc) is 2.52. The number of ether oxygens (including phenoxy) is 1. The summed E-state index contributed by atoms with van der Waals surface area (Å²) in [5.41, 5.74) is -4.22. The van der Waals surface area contributed by atoms with E-state index in [9.17, 15) is 34.9 Å². The van der Waals surface area contributed by atoms with Crippen LogP contribution >= 0.6 is 7.60 Å². The van der Waals surface area contributed by atoms with Crippen LogP contribution in [-0.4, -0.2) is 40.8 Å². The van der Waals surface area contributed by atoms with Crippen molar-refractivity contribution in [3.8, 4) is 0 Å². The van der Waals surface area contributed by atoms with Crippen LogP contribution in [0.25, 0.3) is 0 Å². The highest BCUT2D eigenvalue weighted by molar-refractivity contribution is 7.55. The fourth-order valence-corrected chi connectivity index (χ4v) is 4.31. The molecule has 0 aromatic rings. The SMILES string of the molecule is CCOP(=O)(OCC)C1C([N+](=O)[O-])=C(OC)C([N+](=O)[O-])=C[C-]1[N+](=O)[O-]. The second kappa shape index (κ2) is 8.05. The fourth-order valence-electron chi connectivity index (χ4n) is 2.22. The molecule has 1 aliphatic rings. The van der Waals surface area contributed by atoms with E-state index in [1.165, 1.54) is 13.8 Å². The molecule has 0 saturated carbocycles. The largest absolute Gasteiger partial charge is 0.502 e. The standard InChI is InChI=1S/C11H15N3O10P/c1-4-23-25(21,24-5-2)11-8(13(17)18)6-7(12(15)16)10(22-3)9(11)14(19)20/h6,11H,4-5H2,1-3H3/q-1. The van der Waals surface area contributed by atoms with Gasteiger partial charge in [0.05, 0.1) is 25.2 Å². The maximum atomic E-state index is 13.0. The smallest absolute Gasteiger partial charge is 0.338 e.